The highest BCUT2D eigenvalue weighted by Gasteiger charge is 2.03. The number of hydrogen-bond donors (Lipinski definition) is 1. The molecular weight excluding hydrogens is 204 g/mol. The van der Waals surface area contributed by atoms with E-state index in [2.05, 4.69) is 15.3 Å². The van der Waals surface area contributed by atoms with Crippen LogP contribution in [0.5, 0.6) is 0 Å². The van der Waals surface area contributed by atoms with Crippen LogP contribution in [0.15, 0.2) is 12.4 Å². The van der Waals surface area contributed by atoms with E-state index in [1.54, 1.807) is 14.1 Å². The fourth-order valence-corrected chi connectivity index (χ4v) is 0.814. The maximum atomic E-state index is 11.2. The minimum atomic E-state index is -0.0384. The normalized spacial score (nSPS) is 9.64. The van der Waals surface area contributed by atoms with Crippen LogP contribution in [-0.4, -0.2) is 41.4 Å². The molecule has 14 heavy (non-hydrogen) atoms. The third kappa shape index (κ3) is 3.18. The van der Waals surface area contributed by atoms with Crippen molar-refractivity contribution in [3.05, 3.63) is 17.4 Å². The molecule has 1 amide bonds. The van der Waals surface area contributed by atoms with Crippen LogP contribution in [0.2, 0.25) is 5.02 Å². The Bertz CT molecular complexity index is 312. The van der Waals surface area contributed by atoms with E-state index in [9.17, 15) is 4.79 Å². The molecule has 0 aromatic carbocycles. The lowest BCUT2D eigenvalue weighted by molar-refractivity contribution is -0.126. The fourth-order valence-electron chi connectivity index (χ4n) is 0.716. The van der Waals surface area contributed by atoms with Gasteiger partial charge in [0.1, 0.15) is 0 Å². The Balaban J connectivity index is 2.46. The minimum Gasteiger partial charge on any atom is -0.347 e. The maximum absolute atomic E-state index is 11.2. The predicted octanol–water partition coefficient (Wildman–Crippen LogP) is 0.630. The Morgan fingerprint density at radius 3 is 2.57 bits per heavy atom. The predicted molar refractivity (Wildman–Crippen MR) is 54.2 cm³/mol. The van der Waals surface area contributed by atoms with E-state index in [-0.39, 0.29) is 12.5 Å². The Labute approximate surface area is 87.1 Å². The van der Waals surface area contributed by atoms with Crippen LogP contribution in [-0.2, 0) is 4.79 Å². The van der Waals surface area contributed by atoms with Crippen molar-refractivity contribution in [1.29, 1.82) is 0 Å². The number of likely N-dealkylation sites (N-methyl/N-ethyl adjacent to an activating group) is 1. The first-order chi connectivity index (χ1) is 6.59. The van der Waals surface area contributed by atoms with Crippen molar-refractivity contribution in [1.82, 2.24) is 14.9 Å². The first-order valence-corrected chi connectivity index (χ1v) is 4.39. The summed E-state index contributed by atoms with van der Waals surface area (Å²) in [5.74, 6) is 0.355. The second-order valence-corrected chi connectivity index (χ2v) is 3.30. The Kier molecular flexibility index (Phi) is 3.64. The summed E-state index contributed by atoms with van der Waals surface area (Å²) in [6.07, 6.45) is 2.94. The number of aromatic nitrogens is 2. The van der Waals surface area contributed by atoms with Crippen LogP contribution in [0.3, 0.4) is 0 Å². The van der Waals surface area contributed by atoms with E-state index in [1.165, 1.54) is 17.3 Å². The van der Waals surface area contributed by atoms with Gasteiger partial charge in [0.25, 0.3) is 0 Å². The van der Waals surface area contributed by atoms with Gasteiger partial charge in [0.2, 0.25) is 11.9 Å². The lowest BCUT2D eigenvalue weighted by Crippen LogP contribution is -2.29. The Morgan fingerprint density at radius 2 is 2.07 bits per heavy atom. The molecule has 0 radical (unpaired) electrons. The molecule has 0 atom stereocenters. The van der Waals surface area contributed by atoms with Crippen molar-refractivity contribution in [2.75, 3.05) is 26.0 Å². The molecule has 76 valence electrons. The summed E-state index contributed by atoms with van der Waals surface area (Å²) >= 11 is 5.60. The van der Waals surface area contributed by atoms with E-state index in [1.807, 2.05) is 0 Å². The van der Waals surface area contributed by atoms with Crippen molar-refractivity contribution in [3.8, 4) is 0 Å². The van der Waals surface area contributed by atoms with E-state index >= 15 is 0 Å². The van der Waals surface area contributed by atoms with Gasteiger partial charge in [-0.15, -0.1) is 0 Å². The summed E-state index contributed by atoms with van der Waals surface area (Å²) < 4.78 is 0. The SMILES string of the molecule is CN(C)C(=O)CNc1ncc(Cl)cn1. The lowest BCUT2D eigenvalue weighted by Gasteiger charge is -2.10. The van der Waals surface area contributed by atoms with Crippen LogP contribution in [0.4, 0.5) is 5.95 Å². The zero-order valence-corrected chi connectivity index (χ0v) is 8.75. The molecule has 1 aromatic rings. The number of anilines is 1. The van der Waals surface area contributed by atoms with Crippen LogP contribution in [0, 0.1) is 0 Å². The summed E-state index contributed by atoms with van der Waals surface area (Å²) in [7, 11) is 3.37. The molecular formula is C8H11ClN4O. The summed E-state index contributed by atoms with van der Waals surface area (Å²) in [5, 5.41) is 3.25. The molecule has 0 aliphatic carbocycles. The van der Waals surface area contributed by atoms with Crippen molar-refractivity contribution in [2.24, 2.45) is 0 Å². The molecule has 1 rings (SSSR count). The first-order valence-electron chi connectivity index (χ1n) is 4.01. The van der Waals surface area contributed by atoms with Crippen LogP contribution >= 0.6 is 11.6 Å². The average molecular weight is 215 g/mol. The molecule has 0 spiro atoms. The van der Waals surface area contributed by atoms with Crippen LogP contribution < -0.4 is 5.32 Å². The maximum Gasteiger partial charge on any atom is 0.241 e. The molecule has 0 bridgehead atoms. The van der Waals surface area contributed by atoms with Crippen molar-refractivity contribution < 1.29 is 4.79 Å². The highest BCUT2D eigenvalue weighted by atomic mass is 35.5. The van der Waals surface area contributed by atoms with Gasteiger partial charge in [-0.1, -0.05) is 11.6 Å². The molecule has 0 unspecified atom stereocenters. The molecule has 0 aliphatic heterocycles. The second kappa shape index (κ2) is 4.76. The van der Waals surface area contributed by atoms with Gasteiger partial charge in [-0.3, -0.25) is 4.79 Å². The number of nitrogens with zero attached hydrogens (tertiary/aromatic N) is 3. The van der Waals surface area contributed by atoms with Crippen molar-refractivity contribution >= 4 is 23.5 Å². The number of carbonyl (C=O) groups excluding carboxylic acids is 1. The molecule has 1 N–H and O–H groups in total. The first kappa shape index (κ1) is 10.7. The number of carbonyl (C=O) groups is 1. The van der Waals surface area contributed by atoms with Crippen molar-refractivity contribution in [2.45, 2.75) is 0 Å². The van der Waals surface area contributed by atoms with Crippen LogP contribution in [0.1, 0.15) is 0 Å². The van der Waals surface area contributed by atoms with Crippen molar-refractivity contribution in [3.63, 3.8) is 0 Å². The van der Waals surface area contributed by atoms with Gasteiger partial charge in [0, 0.05) is 14.1 Å². The summed E-state index contributed by atoms with van der Waals surface area (Å²) in [6.45, 7) is 0.175. The zero-order chi connectivity index (χ0) is 10.6. The fraction of sp³-hybridized carbons (Fsp3) is 0.375. The zero-order valence-electron chi connectivity index (χ0n) is 7.99. The molecule has 5 nitrogen and oxygen atoms in total. The van der Waals surface area contributed by atoms with Gasteiger partial charge in [0.05, 0.1) is 24.0 Å². The molecule has 6 heteroatoms. The lowest BCUT2D eigenvalue weighted by atomic mass is 10.5. The number of rotatable bonds is 3. The molecule has 0 saturated heterocycles. The number of nitrogens with one attached hydrogen (secondary N) is 1. The smallest absolute Gasteiger partial charge is 0.241 e. The van der Waals surface area contributed by atoms with E-state index in [4.69, 9.17) is 11.6 Å². The van der Waals surface area contributed by atoms with Crippen LogP contribution in [0.25, 0.3) is 0 Å². The second-order valence-electron chi connectivity index (χ2n) is 2.87. The van der Waals surface area contributed by atoms with Gasteiger partial charge >= 0.3 is 0 Å². The van der Waals surface area contributed by atoms with Gasteiger partial charge in [-0.2, -0.15) is 0 Å². The Morgan fingerprint density at radius 1 is 1.50 bits per heavy atom. The largest absolute Gasteiger partial charge is 0.347 e. The monoisotopic (exact) mass is 214 g/mol. The van der Waals surface area contributed by atoms with E-state index in [0.29, 0.717) is 11.0 Å². The van der Waals surface area contributed by atoms with Gasteiger partial charge in [-0.05, 0) is 0 Å². The quantitative estimate of drug-likeness (QED) is 0.802. The topological polar surface area (TPSA) is 58.1 Å². The number of amides is 1. The van der Waals surface area contributed by atoms with E-state index < -0.39 is 0 Å². The Hall–Kier alpha value is -1.36. The minimum absolute atomic E-state index is 0.0384. The highest BCUT2D eigenvalue weighted by Crippen LogP contribution is 2.04. The molecule has 0 aliphatic rings. The molecule has 0 saturated carbocycles. The molecule has 1 heterocycles. The summed E-state index contributed by atoms with van der Waals surface area (Å²) in [5.41, 5.74) is 0. The molecule has 0 fully saturated rings. The number of halogens is 1. The van der Waals surface area contributed by atoms with Gasteiger partial charge in [0.15, 0.2) is 0 Å². The third-order valence-electron chi connectivity index (χ3n) is 1.52. The average Bonchev–Trinajstić information content (AvgIpc) is 2.16. The summed E-state index contributed by atoms with van der Waals surface area (Å²) in [4.78, 5) is 20.4. The standard InChI is InChI=1S/C8H11ClN4O/c1-13(2)7(14)5-12-8-10-3-6(9)4-11-8/h3-4H,5H2,1-2H3,(H,10,11,12). The number of hydrogen-bond acceptors (Lipinski definition) is 4. The van der Waals surface area contributed by atoms with E-state index in [0.717, 1.165) is 0 Å². The third-order valence-corrected chi connectivity index (χ3v) is 1.71. The summed E-state index contributed by atoms with van der Waals surface area (Å²) in [6, 6.07) is 0. The molecule has 1 aromatic heterocycles. The van der Waals surface area contributed by atoms with Gasteiger partial charge < -0.3 is 10.2 Å². The van der Waals surface area contributed by atoms with Gasteiger partial charge in [-0.25, -0.2) is 9.97 Å². The highest BCUT2D eigenvalue weighted by molar-refractivity contribution is 6.30.